The van der Waals surface area contributed by atoms with E-state index in [1.165, 1.54) is 5.56 Å². The largest absolute Gasteiger partial charge is 0.494 e. The molecule has 0 N–H and O–H groups in total. The molecule has 0 amide bonds. The van der Waals surface area contributed by atoms with E-state index in [-0.39, 0.29) is 5.78 Å². The topological polar surface area (TPSA) is 52.1 Å². The van der Waals surface area contributed by atoms with Gasteiger partial charge in [0.15, 0.2) is 5.16 Å². The number of aryl methyl sites for hydroxylation is 1. The van der Waals surface area contributed by atoms with E-state index in [4.69, 9.17) is 4.74 Å². The fraction of sp³-hybridized carbons (Fsp3) is 0.353. The molecule has 0 bridgehead atoms. The van der Waals surface area contributed by atoms with E-state index in [9.17, 15) is 4.79 Å². The number of hydrogen-bond acceptors (Lipinski definition) is 5. The summed E-state index contributed by atoms with van der Waals surface area (Å²) in [6, 6.07) is 9.77. The molecule has 1 heterocycles. The van der Waals surface area contributed by atoms with Gasteiger partial charge < -0.3 is 9.53 Å². The summed E-state index contributed by atoms with van der Waals surface area (Å²) in [7, 11) is 0. The molecule has 0 fully saturated rings. The Morgan fingerprint density at radius 1 is 1.18 bits per heavy atom. The van der Waals surface area contributed by atoms with Crippen LogP contribution in [0.15, 0.2) is 47.9 Å². The van der Waals surface area contributed by atoms with E-state index in [0.29, 0.717) is 13.0 Å². The Labute approximate surface area is 135 Å². The monoisotopic (exact) mass is 316 g/mol. The Hall–Kier alpha value is -1.88. The Bertz CT molecular complexity index is 573. The van der Waals surface area contributed by atoms with Crippen molar-refractivity contribution >= 4 is 17.5 Å². The zero-order valence-corrected chi connectivity index (χ0v) is 13.5. The number of aromatic nitrogens is 2. The number of thioether (sulfide) groups is 1. The highest BCUT2D eigenvalue weighted by atomic mass is 32.2. The molecule has 0 unspecified atom stereocenters. The Kier molecular flexibility index (Phi) is 6.90. The summed E-state index contributed by atoms with van der Waals surface area (Å²) < 4.78 is 5.70. The standard InChI is InChI=1S/C17H20N2O2S/c1-14(20)4-5-15-6-8-16(9-7-15)21-12-3-13-22-17-18-10-2-11-19-17/h2,6-11H,3-5,12-13H2,1H3. The number of nitrogens with zero attached hydrogens (tertiary/aromatic N) is 2. The Balaban J connectivity index is 1.63. The van der Waals surface area contributed by atoms with Crippen molar-refractivity contribution in [1.82, 2.24) is 9.97 Å². The third kappa shape index (κ3) is 6.26. The molecule has 2 rings (SSSR count). The van der Waals surface area contributed by atoms with Gasteiger partial charge in [0, 0.05) is 24.6 Å². The molecule has 0 radical (unpaired) electrons. The summed E-state index contributed by atoms with van der Waals surface area (Å²) in [5.41, 5.74) is 1.17. The van der Waals surface area contributed by atoms with Gasteiger partial charge in [-0.3, -0.25) is 0 Å². The first kappa shape index (κ1) is 16.5. The minimum atomic E-state index is 0.222. The lowest BCUT2D eigenvalue weighted by Crippen LogP contribution is -1.99. The van der Waals surface area contributed by atoms with Crippen molar-refractivity contribution in [2.45, 2.75) is 31.3 Å². The average Bonchev–Trinajstić information content (AvgIpc) is 2.54. The number of rotatable bonds is 9. The Morgan fingerprint density at radius 3 is 2.59 bits per heavy atom. The molecule has 0 atom stereocenters. The third-order valence-electron chi connectivity index (χ3n) is 3.02. The Morgan fingerprint density at radius 2 is 1.91 bits per heavy atom. The van der Waals surface area contributed by atoms with Gasteiger partial charge in [-0.1, -0.05) is 23.9 Å². The predicted molar refractivity (Wildman–Crippen MR) is 88.3 cm³/mol. The van der Waals surface area contributed by atoms with E-state index in [0.717, 1.165) is 29.5 Å². The normalized spacial score (nSPS) is 10.4. The van der Waals surface area contributed by atoms with E-state index in [1.54, 1.807) is 31.1 Å². The van der Waals surface area contributed by atoms with Gasteiger partial charge in [0.2, 0.25) is 0 Å². The summed E-state index contributed by atoms with van der Waals surface area (Å²) in [6.45, 7) is 2.29. The maximum Gasteiger partial charge on any atom is 0.187 e. The van der Waals surface area contributed by atoms with Crippen molar-refractivity contribution < 1.29 is 9.53 Å². The first-order chi connectivity index (χ1) is 10.7. The lowest BCUT2D eigenvalue weighted by atomic mass is 10.1. The second-order valence-corrected chi connectivity index (χ2v) is 5.99. The van der Waals surface area contributed by atoms with Crippen LogP contribution in [0, 0.1) is 0 Å². The molecule has 116 valence electrons. The highest BCUT2D eigenvalue weighted by Crippen LogP contribution is 2.15. The number of hydrogen-bond donors (Lipinski definition) is 0. The number of benzene rings is 1. The lowest BCUT2D eigenvalue weighted by Gasteiger charge is -2.07. The number of carbonyl (C=O) groups excluding carboxylic acids is 1. The molecule has 0 spiro atoms. The first-order valence-electron chi connectivity index (χ1n) is 7.35. The molecule has 0 saturated carbocycles. The molecular weight excluding hydrogens is 296 g/mol. The fourth-order valence-electron chi connectivity index (χ4n) is 1.85. The third-order valence-corrected chi connectivity index (χ3v) is 3.98. The van der Waals surface area contributed by atoms with Crippen LogP contribution in [-0.2, 0) is 11.2 Å². The molecule has 1 aromatic heterocycles. The molecule has 0 aliphatic heterocycles. The number of ketones is 1. The maximum absolute atomic E-state index is 11.0. The molecule has 2 aromatic rings. The van der Waals surface area contributed by atoms with Crippen molar-refractivity contribution in [3.8, 4) is 5.75 Å². The van der Waals surface area contributed by atoms with Crippen LogP contribution in [0.1, 0.15) is 25.3 Å². The van der Waals surface area contributed by atoms with E-state index in [2.05, 4.69) is 9.97 Å². The van der Waals surface area contributed by atoms with Crippen molar-refractivity contribution in [2.75, 3.05) is 12.4 Å². The molecule has 0 saturated heterocycles. The van der Waals surface area contributed by atoms with Gasteiger partial charge >= 0.3 is 0 Å². The predicted octanol–water partition coefficient (Wildman–Crippen LogP) is 3.56. The summed E-state index contributed by atoms with van der Waals surface area (Å²) in [4.78, 5) is 19.3. The van der Waals surface area contributed by atoms with E-state index in [1.807, 2.05) is 30.3 Å². The van der Waals surface area contributed by atoms with Crippen LogP contribution in [0.25, 0.3) is 0 Å². The van der Waals surface area contributed by atoms with Crippen LogP contribution in [-0.4, -0.2) is 28.1 Å². The van der Waals surface area contributed by atoms with Gasteiger partial charge in [0.25, 0.3) is 0 Å². The molecular formula is C17H20N2O2S. The molecule has 1 aromatic carbocycles. The summed E-state index contributed by atoms with van der Waals surface area (Å²) in [5.74, 6) is 2.02. The summed E-state index contributed by atoms with van der Waals surface area (Å²) >= 11 is 1.63. The lowest BCUT2D eigenvalue weighted by molar-refractivity contribution is -0.116. The van der Waals surface area contributed by atoms with Crippen molar-refractivity contribution in [3.63, 3.8) is 0 Å². The smallest absolute Gasteiger partial charge is 0.187 e. The highest BCUT2D eigenvalue weighted by Gasteiger charge is 1.99. The second-order valence-electron chi connectivity index (χ2n) is 4.93. The average molecular weight is 316 g/mol. The van der Waals surface area contributed by atoms with Crippen LogP contribution in [0.2, 0.25) is 0 Å². The van der Waals surface area contributed by atoms with Gasteiger partial charge in [0.1, 0.15) is 11.5 Å². The quantitative estimate of drug-likeness (QED) is 0.402. The van der Waals surface area contributed by atoms with Crippen molar-refractivity contribution in [1.29, 1.82) is 0 Å². The van der Waals surface area contributed by atoms with Crippen LogP contribution in [0.5, 0.6) is 5.75 Å². The van der Waals surface area contributed by atoms with Crippen LogP contribution in [0.3, 0.4) is 0 Å². The highest BCUT2D eigenvalue weighted by molar-refractivity contribution is 7.99. The minimum Gasteiger partial charge on any atom is -0.494 e. The molecule has 4 nitrogen and oxygen atoms in total. The zero-order chi connectivity index (χ0) is 15.6. The number of carbonyl (C=O) groups is 1. The van der Waals surface area contributed by atoms with Crippen LogP contribution < -0.4 is 4.74 Å². The molecule has 5 heteroatoms. The molecule has 0 aliphatic rings. The molecule has 0 aliphatic carbocycles. The number of ether oxygens (including phenoxy) is 1. The van der Waals surface area contributed by atoms with Gasteiger partial charge in [-0.2, -0.15) is 0 Å². The van der Waals surface area contributed by atoms with Gasteiger partial charge in [-0.05, 0) is 43.5 Å². The molecule has 22 heavy (non-hydrogen) atoms. The van der Waals surface area contributed by atoms with Crippen molar-refractivity contribution in [3.05, 3.63) is 48.3 Å². The van der Waals surface area contributed by atoms with Gasteiger partial charge in [-0.15, -0.1) is 0 Å². The van der Waals surface area contributed by atoms with E-state index < -0.39 is 0 Å². The first-order valence-corrected chi connectivity index (χ1v) is 8.33. The maximum atomic E-state index is 11.0. The summed E-state index contributed by atoms with van der Waals surface area (Å²) in [6.07, 6.45) is 5.83. The number of Topliss-reactive ketones (excluding diaryl/α,β-unsaturated/α-hetero) is 1. The van der Waals surface area contributed by atoms with Gasteiger partial charge in [-0.25, -0.2) is 9.97 Å². The zero-order valence-electron chi connectivity index (χ0n) is 12.7. The minimum absolute atomic E-state index is 0.222. The summed E-state index contributed by atoms with van der Waals surface area (Å²) in [5, 5.41) is 0.803. The van der Waals surface area contributed by atoms with Crippen LogP contribution in [0.4, 0.5) is 0 Å². The van der Waals surface area contributed by atoms with Gasteiger partial charge in [0.05, 0.1) is 6.61 Å². The second kappa shape index (κ2) is 9.20. The van der Waals surface area contributed by atoms with Crippen molar-refractivity contribution in [2.24, 2.45) is 0 Å². The van der Waals surface area contributed by atoms with E-state index >= 15 is 0 Å². The van der Waals surface area contributed by atoms with Crippen LogP contribution >= 0.6 is 11.8 Å². The SMILES string of the molecule is CC(=O)CCc1ccc(OCCCSc2ncccn2)cc1. The fourth-order valence-corrected chi connectivity index (χ4v) is 2.56.